The molecule has 4 rings (SSSR count). The van der Waals surface area contributed by atoms with Crippen LogP contribution in [0.2, 0.25) is 0 Å². The number of hydrogen-bond acceptors (Lipinski definition) is 7. The van der Waals surface area contributed by atoms with Gasteiger partial charge in [0, 0.05) is 17.2 Å². The summed E-state index contributed by atoms with van der Waals surface area (Å²) in [7, 11) is 0. The van der Waals surface area contributed by atoms with Crippen LogP contribution in [-0.2, 0) is 22.4 Å². The number of aryl methyl sites for hydroxylation is 2. The Morgan fingerprint density at radius 2 is 1.90 bits per heavy atom. The molecule has 1 heterocycles. The molecule has 2 amide bonds. The third kappa shape index (κ3) is 6.90. The predicted octanol–water partition coefficient (Wildman–Crippen LogP) is 4.71. The number of hydrogen-bond donors (Lipinski definition) is 2. The van der Waals surface area contributed by atoms with E-state index in [4.69, 9.17) is 9.15 Å². The van der Waals surface area contributed by atoms with Crippen molar-refractivity contribution in [1.82, 2.24) is 10.7 Å². The van der Waals surface area contributed by atoms with Gasteiger partial charge in [-0.05, 0) is 73.9 Å². The summed E-state index contributed by atoms with van der Waals surface area (Å²) >= 11 is 0. The number of fused-ring (bicyclic) bond motifs is 1. The largest absolute Gasteiger partial charge is 0.484 e. The van der Waals surface area contributed by atoms with E-state index in [0.717, 1.165) is 19.3 Å². The predicted molar refractivity (Wildman–Crippen MR) is 147 cm³/mol. The Hall–Kier alpha value is -4.47. The molecule has 39 heavy (non-hydrogen) atoms. The first-order valence-corrected chi connectivity index (χ1v) is 12.9. The Labute approximate surface area is 226 Å². The monoisotopic (exact) mass is 532 g/mol. The molecule has 0 unspecified atom stereocenters. The molecule has 10 heteroatoms. The summed E-state index contributed by atoms with van der Waals surface area (Å²) in [6, 6.07) is 13.2. The van der Waals surface area contributed by atoms with Gasteiger partial charge in [0.2, 0.25) is 0 Å². The van der Waals surface area contributed by atoms with Gasteiger partial charge in [-0.15, -0.1) is 0 Å². The number of hydrazone groups is 1. The second-order valence-electron chi connectivity index (χ2n) is 9.86. The molecule has 1 aliphatic carbocycles. The highest BCUT2D eigenvalue weighted by atomic mass is 16.6. The number of benzene rings is 2. The first-order chi connectivity index (χ1) is 18.7. The van der Waals surface area contributed by atoms with Crippen LogP contribution in [0.15, 0.2) is 58.0 Å². The number of nitrogens with zero attached hydrogens (tertiary/aromatic N) is 2. The van der Waals surface area contributed by atoms with Crippen molar-refractivity contribution in [2.45, 2.75) is 52.5 Å². The average molecular weight is 533 g/mol. The van der Waals surface area contributed by atoms with Crippen LogP contribution in [0.3, 0.4) is 0 Å². The van der Waals surface area contributed by atoms with E-state index in [2.05, 4.69) is 21.9 Å². The third-order valence-electron chi connectivity index (χ3n) is 6.72. The van der Waals surface area contributed by atoms with E-state index >= 15 is 0 Å². The fourth-order valence-corrected chi connectivity index (χ4v) is 4.58. The first kappa shape index (κ1) is 27.6. The van der Waals surface area contributed by atoms with Gasteiger partial charge in [-0.3, -0.25) is 19.7 Å². The number of amides is 2. The molecule has 1 aromatic heterocycles. The van der Waals surface area contributed by atoms with Gasteiger partial charge in [-0.25, -0.2) is 5.43 Å². The Morgan fingerprint density at radius 1 is 1.13 bits per heavy atom. The van der Waals surface area contributed by atoms with E-state index in [1.807, 2.05) is 26.0 Å². The van der Waals surface area contributed by atoms with Crippen molar-refractivity contribution in [1.29, 1.82) is 0 Å². The fraction of sp³-hybridized carbons (Fsp3) is 0.345. The molecule has 2 N–H and O–H groups in total. The number of nitro benzene ring substituents is 1. The summed E-state index contributed by atoms with van der Waals surface area (Å²) in [5.41, 5.74) is 6.11. The zero-order chi connectivity index (χ0) is 27.9. The molecule has 0 fully saturated rings. The molecular weight excluding hydrogens is 500 g/mol. The summed E-state index contributed by atoms with van der Waals surface area (Å²) in [5, 5.41) is 17.9. The lowest BCUT2D eigenvalue weighted by molar-refractivity contribution is -0.385. The Morgan fingerprint density at radius 3 is 2.64 bits per heavy atom. The van der Waals surface area contributed by atoms with E-state index < -0.39 is 22.8 Å². The van der Waals surface area contributed by atoms with E-state index in [-0.39, 0.29) is 18.2 Å². The van der Waals surface area contributed by atoms with Gasteiger partial charge in [-0.1, -0.05) is 32.0 Å². The Kier molecular flexibility index (Phi) is 8.75. The summed E-state index contributed by atoms with van der Waals surface area (Å²) in [6.07, 6.45) is 5.77. The fourth-order valence-electron chi connectivity index (χ4n) is 4.58. The van der Waals surface area contributed by atoms with Crippen molar-refractivity contribution in [3.05, 3.63) is 81.1 Å². The maximum absolute atomic E-state index is 12.7. The topological polar surface area (TPSA) is 136 Å². The number of carbonyl (C=O) groups is 2. The van der Waals surface area contributed by atoms with E-state index in [1.54, 1.807) is 31.2 Å². The zero-order valence-corrected chi connectivity index (χ0v) is 22.2. The molecule has 0 saturated heterocycles. The number of carbonyl (C=O) groups excluding carboxylic acids is 2. The molecule has 3 aromatic rings. The van der Waals surface area contributed by atoms with Gasteiger partial charge in [0.25, 0.3) is 17.5 Å². The maximum Gasteiger partial charge on any atom is 0.273 e. The van der Waals surface area contributed by atoms with E-state index in [1.165, 1.54) is 29.8 Å². The van der Waals surface area contributed by atoms with Crippen LogP contribution in [-0.4, -0.2) is 35.6 Å². The van der Waals surface area contributed by atoms with Gasteiger partial charge in [0.1, 0.15) is 23.3 Å². The van der Waals surface area contributed by atoms with Crippen molar-refractivity contribution < 1.29 is 23.7 Å². The minimum Gasteiger partial charge on any atom is -0.484 e. The Bertz CT molecular complexity index is 1390. The Balaban J connectivity index is 1.31. The van der Waals surface area contributed by atoms with Gasteiger partial charge in [-0.2, -0.15) is 5.10 Å². The van der Waals surface area contributed by atoms with Crippen LogP contribution >= 0.6 is 0 Å². The normalized spacial score (nSPS) is 13.6. The summed E-state index contributed by atoms with van der Waals surface area (Å²) in [5.74, 6) is 0.340. The molecule has 2 aromatic carbocycles. The third-order valence-corrected chi connectivity index (χ3v) is 6.72. The van der Waals surface area contributed by atoms with Gasteiger partial charge >= 0.3 is 0 Å². The molecule has 0 spiro atoms. The van der Waals surface area contributed by atoms with Gasteiger partial charge in [0.05, 0.1) is 11.1 Å². The summed E-state index contributed by atoms with van der Waals surface area (Å²) in [4.78, 5) is 36.1. The van der Waals surface area contributed by atoms with Crippen LogP contribution in [0.4, 0.5) is 5.69 Å². The number of rotatable bonds is 10. The molecule has 0 aliphatic heterocycles. The van der Waals surface area contributed by atoms with E-state index in [9.17, 15) is 19.7 Å². The van der Waals surface area contributed by atoms with Crippen LogP contribution in [0.5, 0.6) is 5.75 Å². The van der Waals surface area contributed by atoms with Crippen LogP contribution in [0, 0.1) is 23.0 Å². The van der Waals surface area contributed by atoms with Crippen LogP contribution < -0.4 is 15.5 Å². The SMILES string of the molecule is Cc1c(-c2ccc(/C=N\NC(=O)[C@@H](NC(=O)COc3ccc4c(c3)CCCC4)C(C)C)o2)cccc1[N+](=O)[O-]. The minimum atomic E-state index is -0.818. The highest BCUT2D eigenvalue weighted by molar-refractivity contribution is 5.89. The average Bonchev–Trinajstić information content (AvgIpc) is 3.38. The van der Waals surface area contributed by atoms with Crippen LogP contribution in [0.1, 0.15) is 49.1 Å². The summed E-state index contributed by atoms with van der Waals surface area (Å²) < 4.78 is 11.4. The second-order valence-corrected chi connectivity index (χ2v) is 9.86. The molecular formula is C29H32N4O6. The standard InChI is InChI=1S/C29H32N4O6/c1-18(2)28(31-27(34)17-38-22-12-11-20-7-4-5-8-21(20)15-22)29(35)32-30-16-23-13-14-26(39-23)24-9-6-10-25(19(24)3)33(36)37/h6,9-16,18,28H,4-5,7-8,17H2,1-3H3,(H,31,34)(H,32,35)/b30-16-/t28-/m0/s1. The maximum atomic E-state index is 12.7. The van der Waals surface area contributed by atoms with Crippen LogP contribution in [0.25, 0.3) is 11.3 Å². The molecule has 1 atom stereocenters. The molecule has 1 aliphatic rings. The number of nitrogens with one attached hydrogen (secondary N) is 2. The highest BCUT2D eigenvalue weighted by Gasteiger charge is 2.24. The lowest BCUT2D eigenvalue weighted by Crippen LogP contribution is -2.49. The zero-order valence-electron chi connectivity index (χ0n) is 22.2. The lowest BCUT2D eigenvalue weighted by Gasteiger charge is -2.21. The molecule has 10 nitrogen and oxygen atoms in total. The van der Waals surface area contributed by atoms with Gasteiger partial charge < -0.3 is 14.5 Å². The molecule has 0 radical (unpaired) electrons. The molecule has 0 saturated carbocycles. The lowest BCUT2D eigenvalue weighted by atomic mass is 9.92. The molecule has 0 bridgehead atoms. The minimum absolute atomic E-state index is 0.00115. The number of ether oxygens (including phenoxy) is 1. The molecule has 204 valence electrons. The highest BCUT2D eigenvalue weighted by Crippen LogP contribution is 2.30. The van der Waals surface area contributed by atoms with Crippen molar-refractivity contribution >= 4 is 23.7 Å². The second kappa shape index (κ2) is 12.4. The first-order valence-electron chi connectivity index (χ1n) is 12.9. The van der Waals surface area contributed by atoms with Crippen molar-refractivity contribution in [3.8, 4) is 17.1 Å². The smallest absolute Gasteiger partial charge is 0.273 e. The van der Waals surface area contributed by atoms with Crippen molar-refractivity contribution in [2.24, 2.45) is 11.0 Å². The van der Waals surface area contributed by atoms with Crippen molar-refractivity contribution in [3.63, 3.8) is 0 Å². The van der Waals surface area contributed by atoms with E-state index in [0.29, 0.717) is 28.4 Å². The van der Waals surface area contributed by atoms with Gasteiger partial charge in [0.15, 0.2) is 6.61 Å². The number of furan rings is 1. The quantitative estimate of drug-likeness (QED) is 0.220. The summed E-state index contributed by atoms with van der Waals surface area (Å²) in [6.45, 7) is 5.09. The number of nitro groups is 1. The van der Waals surface area contributed by atoms with Crippen molar-refractivity contribution in [2.75, 3.05) is 6.61 Å².